The molecule has 3 aliphatic heterocycles. The Balaban J connectivity index is 1.58. The van der Waals surface area contributed by atoms with Crippen molar-refractivity contribution in [1.29, 1.82) is 0 Å². The fourth-order valence-electron chi connectivity index (χ4n) is 4.45. The maximum absolute atomic E-state index is 13.4. The second-order valence-corrected chi connectivity index (χ2v) is 8.15. The molecule has 144 valence electrons. The van der Waals surface area contributed by atoms with Gasteiger partial charge in [-0.1, -0.05) is 52.3 Å². The number of benzene rings is 2. The van der Waals surface area contributed by atoms with E-state index >= 15 is 0 Å². The number of ketones is 1. The highest BCUT2D eigenvalue weighted by Crippen LogP contribution is 2.46. The lowest BCUT2D eigenvalue weighted by molar-refractivity contribution is -0.123. The molecule has 0 bridgehead atoms. The van der Waals surface area contributed by atoms with Crippen LogP contribution in [0.2, 0.25) is 0 Å². The van der Waals surface area contributed by atoms with Crippen molar-refractivity contribution in [2.24, 2.45) is 16.9 Å². The molecule has 2 aromatic rings. The Morgan fingerprint density at radius 3 is 2.34 bits per heavy atom. The first-order valence-electron chi connectivity index (χ1n) is 9.29. The molecule has 0 aromatic heterocycles. The number of anilines is 1. The van der Waals surface area contributed by atoms with Gasteiger partial charge in [-0.05, 0) is 30.3 Å². The van der Waals surface area contributed by atoms with Gasteiger partial charge in [0, 0.05) is 16.3 Å². The normalized spacial score (nSPS) is 27.3. The standard InChI is InChI=1S/C22H16BrN3O3/c23-14-10-8-13(9-11-14)20(27)19-18-17(16-7-4-12-24-26(16)19)21(28)25(22(18)29)15-5-2-1-3-6-15/h1-12,16-19H/t16-,17-,18-,19+/m1/s1. The van der Waals surface area contributed by atoms with Crippen molar-refractivity contribution >= 4 is 45.4 Å². The van der Waals surface area contributed by atoms with Crippen molar-refractivity contribution in [2.45, 2.75) is 12.1 Å². The third-order valence-electron chi connectivity index (χ3n) is 5.70. The van der Waals surface area contributed by atoms with Gasteiger partial charge in [0.05, 0.1) is 23.6 Å². The van der Waals surface area contributed by atoms with Crippen LogP contribution >= 0.6 is 15.9 Å². The van der Waals surface area contributed by atoms with Gasteiger partial charge in [0.2, 0.25) is 11.8 Å². The average molecular weight is 450 g/mol. The molecular formula is C22H16BrN3O3. The van der Waals surface area contributed by atoms with Crippen molar-refractivity contribution in [1.82, 2.24) is 5.01 Å². The largest absolute Gasteiger partial charge is 0.292 e. The van der Waals surface area contributed by atoms with Crippen molar-refractivity contribution in [3.8, 4) is 0 Å². The molecule has 0 N–H and O–H groups in total. The molecule has 0 spiro atoms. The summed E-state index contributed by atoms with van der Waals surface area (Å²) in [5, 5.41) is 5.98. The van der Waals surface area contributed by atoms with Crippen LogP contribution in [-0.4, -0.2) is 40.9 Å². The number of hydrogen-bond donors (Lipinski definition) is 0. The van der Waals surface area contributed by atoms with Crippen LogP contribution in [-0.2, 0) is 9.59 Å². The number of para-hydroxylation sites is 1. The second kappa shape index (κ2) is 6.77. The van der Waals surface area contributed by atoms with E-state index < -0.39 is 23.9 Å². The maximum Gasteiger partial charge on any atom is 0.240 e. The number of fused-ring (bicyclic) bond motifs is 3. The smallest absolute Gasteiger partial charge is 0.240 e. The molecule has 0 aliphatic carbocycles. The Hall–Kier alpha value is -3.06. The Kier molecular flexibility index (Phi) is 4.20. The van der Waals surface area contributed by atoms with Gasteiger partial charge in [-0.25, -0.2) is 4.90 Å². The van der Waals surface area contributed by atoms with E-state index in [4.69, 9.17) is 0 Å². The van der Waals surface area contributed by atoms with Crippen molar-refractivity contribution < 1.29 is 14.4 Å². The van der Waals surface area contributed by atoms with Crippen LogP contribution in [0.25, 0.3) is 0 Å². The third kappa shape index (κ3) is 2.68. The highest BCUT2D eigenvalue weighted by molar-refractivity contribution is 9.10. The first kappa shape index (κ1) is 18.0. The van der Waals surface area contributed by atoms with Crippen molar-refractivity contribution in [3.05, 3.63) is 76.8 Å². The Labute approximate surface area is 175 Å². The molecule has 7 heteroatoms. The molecule has 0 radical (unpaired) electrons. The molecule has 5 rings (SSSR count). The van der Waals surface area contributed by atoms with Gasteiger partial charge < -0.3 is 0 Å². The van der Waals surface area contributed by atoms with Crippen LogP contribution in [0.5, 0.6) is 0 Å². The van der Waals surface area contributed by atoms with Crippen LogP contribution in [0.1, 0.15) is 10.4 Å². The predicted molar refractivity (Wildman–Crippen MR) is 111 cm³/mol. The molecule has 3 aliphatic rings. The summed E-state index contributed by atoms with van der Waals surface area (Å²) in [7, 11) is 0. The van der Waals surface area contributed by atoms with Gasteiger partial charge in [-0.2, -0.15) is 5.10 Å². The molecular weight excluding hydrogens is 434 g/mol. The van der Waals surface area contributed by atoms with Gasteiger partial charge in [0.25, 0.3) is 0 Å². The van der Waals surface area contributed by atoms with E-state index in [2.05, 4.69) is 21.0 Å². The number of Topliss-reactive ketones (excluding diaryl/α,β-unsaturated/α-hetero) is 1. The molecule has 2 fully saturated rings. The number of halogens is 1. The number of carbonyl (C=O) groups excluding carboxylic acids is 3. The van der Waals surface area contributed by atoms with Crippen LogP contribution in [0.3, 0.4) is 0 Å². The summed E-state index contributed by atoms with van der Waals surface area (Å²) >= 11 is 3.37. The molecule has 2 aromatic carbocycles. The number of imide groups is 1. The predicted octanol–water partition coefficient (Wildman–Crippen LogP) is 3.05. The monoisotopic (exact) mass is 449 g/mol. The van der Waals surface area contributed by atoms with E-state index in [9.17, 15) is 14.4 Å². The highest BCUT2D eigenvalue weighted by Gasteiger charge is 2.64. The van der Waals surface area contributed by atoms with E-state index in [1.165, 1.54) is 4.90 Å². The molecule has 0 unspecified atom stereocenters. The fraction of sp³-hybridized carbons (Fsp3) is 0.182. The Morgan fingerprint density at radius 2 is 1.62 bits per heavy atom. The number of nitrogens with zero attached hydrogens (tertiary/aromatic N) is 3. The Morgan fingerprint density at radius 1 is 0.931 bits per heavy atom. The summed E-state index contributed by atoms with van der Waals surface area (Å²) in [6.45, 7) is 0. The third-order valence-corrected chi connectivity index (χ3v) is 6.23. The Bertz CT molecular complexity index is 1060. The number of carbonyl (C=O) groups is 3. The minimum atomic E-state index is -0.822. The molecule has 2 saturated heterocycles. The lowest BCUT2D eigenvalue weighted by Crippen LogP contribution is -2.46. The highest BCUT2D eigenvalue weighted by atomic mass is 79.9. The van der Waals surface area contributed by atoms with Crippen molar-refractivity contribution in [3.63, 3.8) is 0 Å². The summed E-state index contributed by atoms with van der Waals surface area (Å²) in [5.41, 5.74) is 1.02. The average Bonchev–Trinajstić information content (AvgIpc) is 3.22. The zero-order valence-corrected chi connectivity index (χ0v) is 16.8. The lowest BCUT2D eigenvalue weighted by atomic mass is 9.86. The van der Waals surface area contributed by atoms with Gasteiger partial charge >= 0.3 is 0 Å². The van der Waals surface area contributed by atoms with Gasteiger partial charge in [0.15, 0.2) is 5.78 Å². The number of allylic oxidation sites excluding steroid dienone is 1. The minimum Gasteiger partial charge on any atom is -0.292 e. The molecule has 2 amide bonds. The first-order valence-corrected chi connectivity index (χ1v) is 10.1. The topological polar surface area (TPSA) is 70.0 Å². The summed E-state index contributed by atoms with van der Waals surface area (Å²) in [5.74, 6) is -2.25. The first-order chi connectivity index (χ1) is 14.1. The van der Waals surface area contributed by atoms with E-state index in [0.717, 1.165) is 4.47 Å². The van der Waals surface area contributed by atoms with E-state index in [0.29, 0.717) is 11.3 Å². The van der Waals surface area contributed by atoms with Crippen LogP contribution in [0, 0.1) is 11.8 Å². The van der Waals surface area contributed by atoms with Crippen LogP contribution in [0.15, 0.2) is 76.3 Å². The number of hydrazone groups is 1. The maximum atomic E-state index is 13.4. The van der Waals surface area contributed by atoms with Crippen LogP contribution < -0.4 is 4.90 Å². The van der Waals surface area contributed by atoms with E-state index in [1.54, 1.807) is 65.8 Å². The van der Waals surface area contributed by atoms with E-state index in [-0.39, 0.29) is 17.6 Å². The molecule has 29 heavy (non-hydrogen) atoms. The summed E-state index contributed by atoms with van der Waals surface area (Å²) in [6, 6.07) is 14.6. The number of hydrogen-bond acceptors (Lipinski definition) is 5. The lowest BCUT2D eigenvalue weighted by Gasteiger charge is -2.30. The van der Waals surface area contributed by atoms with Gasteiger partial charge in [-0.15, -0.1) is 0 Å². The van der Waals surface area contributed by atoms with E-state index in [1.807, 2.05) is 12.1 Å². The van der Waals surface area contributed by atoms with Crippen LogP contribution in [0.4, 0.5) is 5.69 Å². The molecule has 3 heterocycles. The molecule has 4 atom stereocenters. The van der Waals surface area contributed by atoms with Crippen molar-refractivity contribution in [2.75, 3.05) is 4.90 Å². The van der Waals surface area contributed by atoms with Gasteiger partial charge in [0.1, 0.15) is 6.04 Å². The van der Waals surface area contributed by atoms with Gasteiger partial charge in [-0.3, -0.25) is 19.4 Å². The minimum absolute atomic E-state index is 0.210. The molecule has 0 saturated carbocycles. The number of rotatable bonds is 3. The summed E-state index contributed by atoms with van der Waals surface area (Å²) < 4.78 is 0.859. The molecule has 6 nitrogen and oxygen atoms in total. The SMILES string of the molecule is O=C(c1ccc(Br)cc1)[C@@H]1[C@@H]2C(=O)N(c3ccccc3)C(=O)[C@@H]2[C@H]2C=CC=NN21. The second-order valence-electron chi connectivity index (χ2n) is 7.24. The quantitative estimate of drug-likeness (QED) is 0.533. The zero-order chi connectivity index (χ0) is 20.1. The number of amides is 2. The zero-order valence-electron chi connectivity index (χ0n) is 15.2. The fourth-order valence-corrected chi connectivity index (χ4v) is 4.72. The summed E-state index contributed by atoms with van der Waals surface area (Å²) in [6.07, 6.45) is 5.19. The summed E-state index contributed by atoms with van der Waals surface area (Å²) in [4.78, 5) is 41.3.